The normalized spacial score (nSPS) is 10.4. The molecule has 0 atom stereocenters. The van der Waals surface area contributed by atoms with Gasteiger partial charge in [-0.15, -0.1) is 0 Å². The molecular formula is C17H21N3O2. The molecule has 0 fully saturated rings. The summed E-state index contributed by atoms with van der Waals surface area (Å²) in [6, 6.07) is 11.2. The standard InChI is InChI=1S/C17H21N3O2/c1-12(2)22-16-15(5-4-10-18-16)20-17(21)19-11-14-8-6-13(3)7-9-14/h4-10,12H,11H2,1-3H3,(H2,19,20,21). The Morgan fingerprint density at radius 3 is 2.64 bits per heavy atom. The molecule has 5 heteroatoms. The average molecular weight is 299 g/mol. The van der Waals surface area contributed by atoms with Crippen molar-refractivity contribution < 1.29 is 9.53 Å². The first-order chi connectivity index (χ1) is 10.5. The van der Waals surface area contributed by atoms with Crippen LogP contribution in [0.2, 0.25) is 0 Å². The van der Waals surface area contributed by atoms with E-state index in [-0.39, 0.29) is 12.1 Å². The van der Waals surface area contributed by atoms with E-state index in [9.17, 15) is 4.79 Å². The van der Waals surface area contributed by atoms with E-state index in [1.807, 2.05) is 45.0 Å². The third kappa shape index (κ3) is 4.77. The van der Waals surface area contributed by atoms with E-state index < -0.39 is 0 Å². The second-order valence-corrected chi connectivity index (χ2v) is 5.32. The van der Waals surface area contributed by atoms with Crippen LogP contribution in [0.4, 0.5) is 10.5 Å². The van der Waals surface area contributed by atoms with Crippen LogP contribution in [0.1, 0.15) is 25.0 Å². The van der Waals surface area contributed by atoms with Gasteiger partial charge in [0, 0.05) is 12.7 Å². The first-order valence-corrected chi connectivity index (χ1v) is 7.26. The molecular weight excluding hydrogens is 278 g/mol. The van der Waals surface area contributed by atoms with Crippen molar-refractivity contribution in [1.29, 1.82) is 0 Å². The van der Waals surface area contributed by atoms with E-state index in [0.29, 0.717) is 18.1 Å². The second kappa shape index (κ2) is 7.45. The number of nitrogens with zero attached hydrogens (tertiary/aromatic N) is 1. The molecule has 5 nitrogen and oxygen atoms in total. The maximum Gasteiger partial charge on any atom is 0.319 e. The second-order valence-electron chi connectivity index (χ2n) is 5.32. The fourth-order valence-corrected chi connectivity index (χ4v) is 1.86. The summed E-state index contributed by atoms with van der Waals surface area (Å²) in [5.41, 5.74) is 2.79. The van der Waals surface area contributed by atoms with Crippen molar-refractivity contribution in [1.82, 2.24) is 10.3 Å². The van der Waals surface area contributed by atoms with Crippen LogP contribution in [0.15, 0.2) is 42.6 Å². The zero-order valence-corrected chi connectivity index (χ0v) is 13.1. The summed E-state index contributed by atoms with van der Waals surface area (Å²) in [6.45, 7) is 6.32. The highest BCUT2D eigenvalue weighted by Gasteiger charge is 2.09. The van der Waals surface area contributed by atoms with Crippen molar-refractivity contribution in [3.63, 3.8) is 0 Å². The molecule has 2 aromatic rings. The summed E-state index contributed by atoms with van der Waals surface area (Å²) < 4.78 is 5.57. The van der Waals surface area contributed by atoms with Crippen LogP contribution in [-0.2, 0) is 6.54 Å². The van der Waals surface area contributed by atoms with Crippen molar-refractivity contribution in [2.24, 2.45) is 0 Å². The third-order valence-electron chi connectivity index (χ3n) is 2.94. The molecule has 2 amide bonds. The quantitative estimate of drug-likeness (QED) is 0.888. The number of amides is 2. The van der Waals surface area contributed by atoms with Crippen LogP contribution in [0.5, 0.6) is 5.88 Å². The lowest BCUT2D eigenvalue weighted by molar-refractivity contribution is 0.233. The lowest BCUT2D eigenvalue weighted by Crippen LogP contribution is -2.28. The summed E-state index contributed by atoms with van der Waals surface area (Å²) in [5, 5.41) is 5.57. The number of carbonyl (C=O) groups excluding carboxylic acids is 1. The van der Waals surface area contributed by atoms with Crippen LogP contribution >= 0.6 is 0 Å². The highest BCUT2D eigenvalue weighted by Crippen LogP contribution is 2.21. The number of urea groups is 1. The predicted octanol–water partition coefficient (Wildman–Crippen LogP) is 3.50. The van der Waals surface area contributed by atoms with Gasteiger partial charge in [-0.25, -0.2) is 9.78 Å². The zero-order chi connectivity index (χ0) is 15.9. The number of ether oxygens (including phenoxy) is 1. The molecule has 0 unspecified atom stereocenters. The molecule has 0 spiro atoms. The van der Waals surface area contributed by atoms with Crippen LogP contribution < -0.4 is 15.4 Å². The highest BCUT2D eigenvalue weighted by atomic mass is 16.5. The van der Waals surface area contributed by atoms with E-state index >= 15 is 0 Å². The van der Waals surface area contributed by atoms with Gasteiger partial charge in [0.1, 0.15) is 5.69 Å². The number of anilines is 1. The number of benzene rings is 1. The number of hydrogen-bond donors (Lipinski definition) is 2. The molecule has 2 N–H and O–H groups in total. The van der Waals surface area contributed by atoms with E-state index in [2.05, 4.69) is 15.6 Å². The van der Waals surface area contributed by atoms with E-state index in [4.69, 9.17) is 4.74 Å². The Bertz CT molecular complexity index is 624. The fraction of sp³-hybridized carbons (Fsp3) is 0.294. The summed E-state index contributed by atoms with van der Waals surface area (Å²) in [5.74, 6) is 0.419. The van der Waals surface area contributed by atoms with E-state index in [0.717, 1.165) is 5.56 Å². The Morgan fingerprint density at radius 2 is 1.95 bits per heavy atom. The Hall–Kier alpha value is -2.56. The van der Waals surface area contributed by atoms with Gasteiger partial charge >= 0.3 is 6.03 Å². The molecule has 1 aromatic carbocycles. The van der Waals surface area contributed by atoms with Crippen molar-refractivity contribution in [3.05, 3.63) is 53.7 Å². The molecule has 0 saturated heterocycles. The minimum Gasteiger partial charge on any atom is -0.473 e. The number of aryl methyl sites for hydroxylation is 1. The SMILES string of the molecule is Cc1ccc(CNC(=O)Nc2cccnc2OC(C)C)cc1. The maximum atomic E-state index is 12.0. The number of rotatable bonds is 5. The first kappa shape index (κ1) is 15.8. The number of pyridine rings is 1. The average Bonchev–Trinajstić information content (AvgIpc) is 2.48. The number of nitrogens with one attached hydrogen (secondary N) is 2. The molecule has 22 heavy (non-hydrogen) atoms. The Kier molecular flexibility index (Phi) is 5.36. The van der Waals surface area contributed by atoms with Crippen LogP contribution in [-0.4, -0.2) is 17.1 Å². The van der Waals surface area contributed by atoms with Crippen molar-refractivity contribution in [2.45, 2.75) is 33.4 Å². The zero-order valence-electron chi connectivity index (χ0n) is 13.1. The monoisotopic (exact) mass is 299 g/mol. The Balaban J connectivity index is 1.93. The molecule has 0 aliphatic carbocycles. The van der Waals surface area contributed by atoms with Gasteiger partial charge < -0.3 is 15.4 Å². The molecule has 116 valence electrons. The van der Waals surface area contributed by atoms with Crippen molar-refractivity contribution in [3.8, 4) is 5.88 Å². The predicted molar refractivity (Wildman–Crippen MR) is 87.0 cm³/mol. The Morgan fingerprint density at radius 1 is 1.23 bits per heavy atom. The smallest absolute Gasteiger partial charge is 0.319 e. The van der Waals surface area contributed by atoms with Crippen LogP contribution in [0, 0.1) is 6.92 Å². The maximum absolute atomic E-state index is 12.0. The highest BCUT2D eigenvalue weighted by molar-refractivity contribution is 5.90. The molecule has 0 aliphatic rings. The lowest BCUT2D eigenvalue weighted by atomic mass is 10.1. The van der Waals surface area contributed by atoms with Gasteiger partial charge in [0.25, 0.3) is 0 Å². The summed E-state index contributed by atoms with van der Waals surface area (Å²) in [6.07, 6.45) is 1.62. The first-order valence-electron chi connectivity index (χ1n) is 7.26. The van der Waals surface area contributed by atoms with Crippen molar-refractivity contribution in [2.75, 3.05) is 5.32 Å². The number of hydrogen-bond acceptors (Lipinski definition) is 3. The van der Waals surface area contributed by atoms with Gasteiger partial charge in [-0.2, -0.15) is 0 Å². The molecule has 1 aromatic heterocycles. The lowest BCUT2D eigenvalue weighted by Gasteiger charge is -2.14. The van der Waals surface area contributed by atoms with Gasteiger partial charge in [-0.3, -0.25) is 0 Å². The summed E-state index contributed by atoms with van der Waals surface area (Å²) in [4.78, 5) is 16.1. The van der Waals surface area contributed by atoms with Crippen molar-refractivity contribution >= 4 is 11.7 Å². The number of aromatic nitrogens is 1. The minimum absolute atomic E-state index is 0.00827. The Labute approximate surface area is 130 Å². The topological polar surface area (TPSA) is 63.2 Å². The van der Waals surface area contributed by atoms with Gasteiger partial charge in [-0.05, 0) is 38.5 Å². The molecule has 0 aliphatic heterocycles. The minimum atomic E-state index is -0.290. The van der Waals surface area contributed by atoms with Gasteiger partial charge in [0.15, 0.2) is 0 Å². The van der Waals surface area contributed by atoms with Gasteiger partial charge in [0.05, 0.1) is 6.10 Å². The molecule has 2 rings (SSSR count). The van der Waals surface area contributed by atoms with E-state index in [1.165, 1.54) is 5.56 Å². The van der Waals surface area contributed by atoms with Crippen LogP contribution in [0.3, 0.4) is 0 Å². The fourth-order valence-electron chi connectivity index (χ4n) is 1.86. The molecule has 1 heterocycles. The number of carbonyl (C=O) groups is 1. The van der Waals surface area contributed by atoms with Crippen LogP contribution in [0.25, 0.3) is 0 Å². The molecule has 0 radical (unpaired) electrons. The third-order valence-corrected chi connectivity index (χ3v) is 2.94. The molecule has 0 bridgehead atoms. The largest absolute Gasteiger partial charge is 0.473 e. The van der Waals surface area contributed by atoms with Gasteiger partial charge in [-0.1, -0.05) is 29.8 Å². The summed E-state index contributed by atoms with van der Waals surface area (Å²) >= 11 is 0. The van der Waals surface area contributed by atoms with Gasteiger partial charge in [0.2, 0.25) is 5.88 Å². The summed E-state index contributed by atoms with van der Waals surface area (Å²) in [7, 11) is 0. The molecule has 0 saturated carbocycles. The van der Waals surface area contributed by atoms with E-state index in [1.54, 1.807) is 18.3 Å².